The molecule has 1 aliphatic rings. The molecule has 1 amide bonds. The third kappa shape index (κ3) is 3.12. The number of carbonyl (C=O) groups excluding carboxylic acids is 1. The van der Waals surface area contributed by atoms with E-state index >= 15 is 0 Å². The molecule has 0 aromatic carbocycles. The molecule has 0 radical (unpaired) electrons. The van der Waals surface area contributed by atoms with Crippen LogP contribution in [-0.2, 0) is 17.1 Å². The first kappa shape index (κ1) is 16.0. The van der Waals surface area contributed by atoms with Gasteiger partial charge in [-0.05, 0) is 27.1 Å². The fourth-order valence-corrected chi connectivity index (χ4v) is 3.40. The van der Waals surface area contributed by atoms with Crippen LogP contribution in [0.5, 0.6) is 0 Å². The van der Waals surface area contributed by atoms with Gasteiger partial charge >= 0.3 is 0 Å². The highest BCUT2D eigenvalue weighted by atomic mass is 32.2. The Hall–Kier alpha value is -1.38. The average Bonchev–Trinajstić information content (AvgIpc) is 2.81. The Morgan fingerprint density at radius 3 is 2.57 bits per heavy atom. The van der Waals surface area contributed by atoms with Gasteiger partial charge in [-0.1, -0.05) is 0 Å². The second-order valence-corrected chi connectivity index (χ2v) is 7.38. The van der Waals surface area contributed by atoms with Gasteiger partial charge in [-0.25, -0.2) is 13.1 Å². The molecular weight excluding hydrogens is 292 g/mol. The van der Waals surface area contributed by atoms with E-state index in [0.29, 0.717) is 12.2 Å². The maximum Gasteiger partial charge on any atom is 0.270 e. The molecule has 0 spiro atoms. The zero-order valence-corrected chi connectivity index (χ0v) is 13.6. The summed E-state index contributed by atoms with van der Waals surface area (Å²) in [6.45, 7) is 4.29. The molecule has 0 aliphatic carbocycles. The number of rotatable bonds is 3. The van der Waals surface area contributed by atoms with Crippen LogP contribution >= 0.6 is 0 Å². The van der Waals surface area contributed by atoms with Crippen LogP contribution in [0.1, 0.15) is 17.4 Å². The molecule has 0 unspecified atom stereocenters. The third-order valence-electron chi connectivity index (χ3n) is 3.87. The lowest BCUT2D eigenvalue weighted by molar-refractivity contribution is 0.0524. The van der Waals surface area contributed by atoms with Gasteiger partial charge in [0, 0.05) is 38.9 Å². The lowest BCUT2D eigenvalue weighted by Crippen LogP contribution is -2.53. The lowest BCUT2D eigenvalue weighted by atomic mass is 10.2. The van der Waals surface area contributed by atoms with Crippen LogP contribution in [0.3, 0.4) is 0 Å². The van der Waals surface area contributed by atoms with E-state index in [4.69, 9.17) is 0 Å². The SMILES string of the molecule is CNS(=O)(=O)c1cc(C(=O)N2CCN(C)C[C@H]2C)n(C)c1. The molecule has 7 nitrogen and oxygen atoms in total. The molecule has 1 saturated heterocycles. The van der Waals surface area contributed by atoms with Gasteiger partial charge in [0.2, 0.25) is 10.0 Å². The van der Waals surface area contributed by atoms with E-state index in [-0.39, 0.29) is 16.8 Å². The summed E-state index contributed by atoms with van der Waals surface area (Å²) in [5.74, 6) is -0.129. The van der Waals surface area contributed by atoms with Gasteiger partial charge in [0.25, 0.3) is 5.91 Å². The topological polar surface area (TPSA) is 74.7 Å². The second kappa shape index (κ2) is 5.78. The van der Waals surface area contributed by atoms with Crippen molar-refractivity contribution in [2.75, 3.05) is 33.7 Å². The highest BCUT2D eigenvalue weighted by Crippen LogP contribution is 2.17. The molecule has 118 valence electrons. The van der Waals surface area contributed by atoms with Gasteiger partial charge in [-0.3, -0.25) is 4.79 Å². The van der Waals surface area contributed by atoms with Crippen molar-refractivity contribution in [1.82, 2.24) is 19.1 Å². The minimum atomic E-state index is -3.54. The van der Waals surface area contributed by atoms with Crippen LogP contribution in [0, 0.1) is 0 Å². The van der Waals surface area contributed by atoms with Crippen molar-refractivity contribution >= 4 is 15.9 Å². The Kier molecular flexibility index (Phi) is 4.40. The molecule has 0 saturated carbocycles. The zero-order chi connectivity index (χ0) is 15.8. The van der Waals surface area contributed by atoms with E-state index in [1.54, 1.807) is 16.5 Å². The number of nitrogens with one attached hydrogen (secondary N) is 1. The second-order valence-electron chi connectivity index (χ2n) is 5.49. The minimum Gasteiger partial charge on any atom is -0.345 e. The molecule has 2 heterocycles. The van der Waals surface area contributed by atoms with Gasteiger partial charge < -0.3 is 14.4 Å². The molecule has 0 bridgehead atoms. The predicted octanol–water partition coefficient (Wildman–Crippen LogP) is -0.291. The number of likely N-dealkylation sites (N-methyl/N-ethyl adjacent to an activating group) is 1. The maximum absolute atomic E-state index is 12.6. The Balaban J connectivity index is 2.28. The van der Waals surface area contributed by atoms with Crippen molar-refractivity contribution in [2.24, 2.45) is 7.05 Å². The van der Waals surface area contributed by atoms with Gasteiger partial charge in [-0.2, -0.15) is 0 Å². The summed E-state index contributed by atoms with van der Waals surface area (Å²) in [7, 11) is 1.53. The Bertz CT molecular complexity index is 638. The first-order chi connectivity index (χ1) is 9.76. The molecule has 1 N–H and O–H groups in total. The van der Waals surface area contributed by atoms with Gasteiger partial charge in [0.05, 0.1) is 0 Å². The Labute approximate surface area is 125 Å². The summed E-state index contributed by atoms with van der Waals surface area (Å²) < 4.78 is 27.5. The molecule has 1 atom stereocenters. The minimum absolute atomic E-state index is 0.107. The standard InChI is InChI=1S/C13H22N4O3S/c1-10-8-15(3)5-6-17(10)13(18)12-7-11(9-16(12)4)21(19,20)14-2/h7,9-10,14H,5-6,8H2,1-4H3/t10-/m1/s1. The first-order valence-electron chi connectivity index (χ1n) is 6.85. The van der Waals surface area contributed by atoms with Crippen molar-refractivity contribution in [1.29, 1.82) is 0 Å². The molecule has 2 rings (SSSR count). The number of aryl methyl sites for hydroxylation is 1. The summed E-state index contributed by atoms with van der Waals surface area (Å²) >= 11 is 0. The van der Waals surface area contributed by atoms with Crippen LogP contribution in [0.4, 0.5) is 0 Å². The van der Waals surface area contributed by atoms with Gasteiger partial charge in [0.15, 0.2) is 0 Å². The highest BCUT2D eigenvalue weighted by Gasteiger charge is 2.29. The normalized spacial score (nSPS) is 20.8. The number of hydrogen-bond donors (Lipinski definition) is 1. The predicted molar refractivity (Wildman–Crippen MR) is 79.7 cm³/mol. The average molecular weight is 314 g/mol. The van der Waals surface area contributed by atoms with Crippen molar-refractivity contribution in [3.8, 4) is 0 Å². The van der Waals surface area contributed by atoms with E-state index in [2.05, 4.69) is 9.62 Å². The van der Waals surface area contributed by atoms with Crippen molar-refractivity contribution in [3.63, 3.8) is 0 Å². The number of nitrogens with zero attached hydrogens (tertiary/aromatic N) is 3. The van der Waals surface area contributed by atoms with E-state index < -0.39 is 10.0 Å². The van der Waals surface area contributed by atoms with Crippen molar-refractivity contribution in [3.05, 3.63) is 18.0 Å². The Morgan fingerprint density at radius 2 is 2.00 bits per heavy atom. The van der Waals surface area contributed by atoms with E-state index in [1.807, 2.05) is 14.0 Å². The first-order valence-corrected chi connectivity index (χ1v) is 8.34. The van der Waals surface area contributed by atoms with E-state index in [0.717, 1.165) is 13.1 Å². The molecule has 1 aromatic rings. The van der Waals surface area contributed by atoms with Crippen LogP contribution in [-0.4, -0.2) is 68.5 Å². The van der Waals surface area contributed by atoms with E-state index in [9.17, 15) is 13.2 Å². The Morgan fingerprint density at radius 1 is 1.33 bits per heavy atom. The number of sulfonamides is 1. The molecular formula is C13H22N4O3S. The molecule has 21 heavy (non-hydrogen) atoms. The van der Waals surface area contributed by atoms with Crippen LogP contribution in [0.25, 0.3) is 0 Å². The van der Waals surface area contributed by atoms with Crippen LogP contribution in [0.2, 0.25) is 0 Å². The summed E-state index contributed by atoms with van der Waals surface area (Å²) in [6.07, 6.45) is 1.46. The monoisotopic (exact) mass is 314 g/mol. The van der Waals surface area contributed by atoms with Gasteiger partial charge in [-0.15, -0.1) is 0 Å². The molecule has 1 fully saturated rings. The van der Waals surface area contributed by atoms with Crippen LogP contribution in [0.15, 0.2) is 17.2 Å². The zero-order valence-electron chi connectivity index (χ0n) is 12.8. The van der Waals surface area contributed by atoms with Crippen LogP contribution < -0.4 is 4.72 Å². The summed E-state index contributed by atoms with van der Waals surface area (Å²) in [5, 5.41) is 0. The lowest BCUT2D eigenvalue weighted by Gasteiger charge is -2.38. The number of amides is 1. The van der Waals surface area contributed by atoms with Crippen molar-refractivity contribution in [2.45, 2.75) is 17.9 Å². The largest absolute Gasteiger partial charge is 0.345 e. The molecule has 8 heteroatoms. The third-order valence-corrected chi connectivity index (χ3v) is 5.25. The molecule has 1 aromatic heterocycles. The highest BCUT2D eigenvalue weighted by molar-refractivity contribution is 7.89. The number of aromatic nitrogens is 1. The quantitative estimate of drug-likeness (QED) is 0.832. The summed E-state index contributed by atoms with van der Waals surface area (Å²) in [4.78, 5) is 16.7. The number of hydrogen-bond acceptors (Lipinski definition) is 4. The fourth-order valence-electron chi connectivity index (χ4n) is 2.60. The van der Waals surface area contributed by atoms with Gasteiger partial charge in [0.1, 0.15) is 10.6 Å². The number of carbonyl (C=O) groups is 1. The fraction of sp³-hybridized carbons (Fsp3) is 0.615. The summed E-state index contributed by atoms with van der Waals surface area (Å²) in [6, 6.07) is 1.54. The smallest absolute Gasteiger partial charge is 0.270 e. The van der Waals surface area contributed by atoms with E-state index in [1.165, 1.54) is 19.3 Å². The maximum atomic E-state index is 12.6. The summed E-state index contributed by atoms with van der Waals surface area (Å²) in [5.41, 5.74) is 0.389. The number of piperazine rings is 1. The molecule has 1 aliphatic heterocycles. The van der Waals surface area contributed by atoms with Crippen molar-refractivity contribution < 1.29 is 13.2 Å².